The molecule has 0 radical (unpaired) electrons. The van der Waals surface area contributed by atoms with Crippen LogP contribution in [0.3, 0.4) is 0 Å². The van der Waals surface area contributed by atoms with Gasteiger partial charge in [-0.25, -0.2) is 9.78 Å². The van der Waals surface area contributed by atoms with Gasteiger partial charge < -0.3 is 9.73 Å². The number of aryl methyl sites for hydroxylation is 1. The van der Waals surface area contributed by atoms with Gasteiger partial charge in [0.05, 0.1) is 10.3 Å². The smallest absolute Gasteiger partial charge is 0.348 e. The van der Waals surface area contributed by atoms with Gasteiger partial charge in [0.1, 0.15) is 10.9 Å². The Morgan fingerprint density at radius 2 is 2.07 bits per heavy atom. The number of nitrogens with one attached hydrogen (secondary N) is 1. The molecule has 0 aliphatic carbocycles. The highest BCUT2D eigenvalue weighted by atomic mass is 32.1. The lowest BCUT2D eigenvalue weighted by Gasteiger charge is -2.10. The third-order valence-corrected chi connectivity index (χ3v) is 4.82. The van der Waals surface area contributed by atoms with E-state index >= 15 is 0 Å². The molecule has 0 spiro atoms. The Labute approximate surface area is 157 Å². The van der Waals surface area contributed by atoms with Crippen LogP contribution in [0.4, 0.5) is 5.69 Å². The summed E-state index contributed by atoms with van der Waals surface area (Å²) in [6.45, 7) is 3.47. The maximum absolute atomic E-state index is 12.1. The fourth-order valence-electron chi connectivity index (χ4n) is 2.42. The van der Waals surface area contributed by atoms with Crippen molar-refractivity contribution < 1.29 is 14.1 Å². The fourth-order valence-corrected chi connectivity index (χ4v) is 3.33. The molecule has 8 nitrogen and oxygen atoms in total. The minimum Gasteiger partial charge on any atom is -0.406 e. The molecule has 1 aromatic carbocycles. The second-order valence-electron chi connectivity index (χ2n) is 5.85. The topological polar surface area (TPSA) is 115 Å². The van der Waals surface area contributed by atoms with Crippen molar-refractivity contribution in [2.24, 2.45) is 0 Å². The standard InChI is InChI=1S/C18H15N3O5S/c1-10-9-27-17-15(10)18(23)26-16(20-17)11(2)19-14(22)8-5-12-3-6-13(7-4-12)21(24)25/h3-9,11H,1-2H3,(H,19,22)/b8-5+/t11-/m0/s1. The molecule has 0 aliphatic heterocycles. The summed E-state index contributed by atoms with van der Waals surface area (Å²) in [5, 5.41) is 15.6. The molecule has 1 N–H and O–H groups in total. The lowest BCUT2D eigenvalue weighted by Crippen LogP contribution is -2.26. The van der Waals surface area contributed by atoms with E-state index in [2.05, 4.69) is 10.3 Å². The quantitative estimate of drug-likeness (QED) is 0.409. The average Bonchev–Trinajstić information content (AvgIpc) is 3.01. The van der Waals surface area contributed by atoms with Gasteiger partial charge in [-0.3, -0.25) is 14.9 Å². The molecular weight excluding hydrogens is 370 g/mol. The summed E-state index contributed by atoms with van der Waals surface area (Å²) in [6.07, 6.45) is 2.82. The van der Waals surface area contributed by atoms with E-state index in [1.54, 1.807) is 19.1 Å². The Kier molecular flexibility index (Phi) is 5.13. The van der Waals surface area contributed by atoms with Crippen LogP contribution in [0.25, 0.3) is 16.3 Å². The summed E-state index contributed by atoms with van der Waals surface area (Å²) < 4.78 is 5.23. The molecule has 3 rings (SSSR count). The molecule has 27 heavy (non-hydrogen) atoms. The number of benzene rings is 1. The number of non-ortho nitro benzene ring substituents is 1. The van der Waals surface area contributed by atoms with E-state index in [0.29, 0.717) is 15.8 Å². The van der Waals surface area contributed by atoms with Gasteiger partial charge in [0.25, 0.3) is 5.69 Å². The number of nitrogens with zero attached hydrogens (tertiary/aromatic N) is 2. The molecule has 1 atom stereocenters. The molecule has 3 aromatic rings. The zero-order valence-corrected chi connectivity index (χ0v) is 15.3. The predicted octanol–water partition coefficient (Wildman–Crippen LogP) is 3.36. The van der Waals surface area contributed by atoms with Crippen molar-refractivity contribution in [1.29, 1.82) is 0 Å². The van der Waals surface area contributed by atoms with Crippen LogP contribution in [0.15, 0.2) is 44.9 Å². The molecule has 0 saturated heterocycles. The normalized spacial score (nSPS) is 12.4. The van der Waals surface area contributed by atoms with E-state index in [0.717, 1.165) is 5.56 Å². The largest absolute Gasteiger partial charge is 0.406 e. The van der Waals surface area contributed by atoms with Gasteiger partial charge in [-0.15, -0.1) is 11.3 Å². The van der Waals surface area contributed by atoms with Gasteiger partial charge in [0, 0.05) is 18.2 Å². The summed E-state index contributed by atoms with van der Waals surface area (Å²) >= 11 is 1.34. The Balaban J connectivity index is 1.70. The van der Waals surface area contributed by atoms with E-state index in [1.165, 1.54) is 35.6 Å². The Hall–Kier alpha value is -3.33. The predicted molar refractivity (Wildman–Crippen MR) is 102 cm³/mol. The number of nitro benzene ring substituents is 1. The van der Waals surface area contributed by atoms with Crippen LogP contribution in [-0.2, 0) is 4.79 Å². The number of carbonyl (C=O) groups is 1. The lowest BCUT2D eigenvalue weighted by molar-refractivity contribution is -0.384. The zero-order valence-electron chi connectivity index (χ0n) is 14.5. The molecule has 0 bridgehead atoms. The molecule has 0 saturated carbocycles. The Morgan fingerprint density at radius 1 is 1.37 bits per heavy atom. The fraction of sp³-hybridized carbons (Fsp3) is 0.167. The van der Waals surface area contributed by atoms with Crippen LogP contribution in [0.2, 0.25) is 0 Å². The van der Waals surface area contributed by atoms with E-state index in [-0.39, 0.29) is 11.6 Å². The lowest BCUT2D eigenvalue weighted by atomic mass is 10.2. The van der Waals surface area contributed by atoms with Crippen molar-refractivity contribution in [2.75, 3.05) is 0 Å². The van der Waals surface area contributed by atoms with Crippen molar-refractivity contribution in [2.45, 2.75) is 19.9 Å². The summed E-state index contributed by atoms with van der Waals surface area (Å²) in [6, 6.07) is 5.20. The van der Waals surface area contributed by atoms with E-state index in [4.69, 9.17) is 4.42 Å². The van der Waals surface area contributed by atoms with E-state index in [1.807, 2.05) is 12.3 Å². The van der Waals surface area contributed by atoms with Gasteiger partial charge in [-0.1, -0.05) is 0 Å². The van der Waals surface area contributed by atoms with Gasteiger partial charge in [0.15, 0.2) is 0 Å². The second kappa shape index (κ2) is 7.50. The maximum Gasteiger partial charge on any atom is 0.348 e. The number of fused-ring (bicyclic) bond motifs is 1. The van der Waals surface area contributed by atoms with Crippen LogP contribution >= 0.6 is 11.3 Å². The first-order valence-electron chi connectivity index (χ1n) is 7.97. The van der Waals surface area contributed by atoms with Crippen LogP contribution < -0.4 is 10.9 Å². The van der Waals surface area contributed by atoms with E-state index < -0.39 is 22.5 Å². The van der Waals surface area contributed by atoms with E-state index in [9.17, 15) is 19.7 Å². The summed E-state index contributed by atoms with van der Waals surface area (Å²) in [5.41, 5.74) is 0.955. The summed E-state index contributed by atoms with van der Waals surface area (Å²) in [5.74, 6) is -0.279. The Morgan fingerprint density at radius 3 is 2.74 bits per heavy atom. The number of hydrogen-bond donors (Lipinski definition) is 1. The van der Waals surface area contributed by atoms with Gasteiger partial charge >= 0.3 is 5.63 Å². The first-order valence-corrected chi connectivity index (χ1v) is 8.85. The second-order valence-corrected chi connectivity index (χ2v) is 6.71. The molecule has 2 heterocycles. The van der Waals surface area contributed by atoms with Gasteiger partial charge in [-0.05, 0) is 48.6 Å². The minimum absolute atomic E-state index is 0.0227. The first kappa shape index (κ1) is 18.5. The third-order valence-electron chi connectivity index (χ3n) is 3.83. The highest BCUT2D eigenvalue weighted by molar-refractivity contribution is 7.16. The third kappa shape index (κ3) is 4.09. The molecule has 0 aliphatic rings. The minimum atomic E-state index is -0.599. The monoisotopic (exact) mass is 385 g/mol. The van der Waals surface area contributed by atoms with Crippen LogP contribution in [-0.4, -0.2) is 15.8 Å². The number of hydrogen-bond acceptors (Lipinski definition) is 7. The van der Waals surface area contributed by atoms with Gasteiger partial charge in [0.2, 0.25) is 11.8 Å². The van der Waals surface area contributed by atoms with Gasteiger partial charge in [-0.2, -0.15) is 0 Å². The number of carbonyl (C=O) groups excluding carboxylic acids is 1. The average molecular weight is 385 g/mol. The number of rotatable bonds is 5. The molecule has 2 aromatic heterocycles. The van der Waals surface area contributed by atoms with Crippen LogP contribution in [0.5, 0.6) is 0 Å². The first-order chi connectivity index (χ1) is 12.8. The number of amides is 1. The highest BCUT2D eigenvalue weighted by Crippen LogP contribution is 2.22. The van der Waals surface area contributed by atoms with Crippen molar-refractivity contribution in [3.8, 4) is 0 Å². The molecule has 0 unspecified atom stereocenters. The van der Waals surface area contributed by atoms with Crippen molar-refractivity contribution >= 4 is 39.2 Å². The van der Waals surface area contributed by atoms with Crippen molar-refractivity contribution in [1.82, 2.24) is 10.3 Å². The number of nitro groups is 1. The Bertz CT molecular complexity index is 1100. The molecule has 0 fully saturated rings. The number of aromatic nitrogens is 1. The maximum atomic E-state index is 12.1. The molecule has 138 valence electrons. The van der Waals surface area contributed by atoms with Crippen molar-refractivity contribution in [3.63, 3.8) is 0 Å². The highest BCUT2D eigenvalue weighted by Gasteiger charge is 2.16. The SMILES string of the molecule is Cc1csc2nc([C@H](C)NC(=O)/C=C/c3ccc([N+](=O)[O-])cc3)oc(=O)c12. The van der Waals surface area contributed by atoms with Crippen LogP contribution in [0.1, 0.15) is 30.0 Å². The summed E-state index contributed by atoms with van der Waals surface area (Å²) in [4.78, 5) is 39.2. The van der Waals surface area contributed by atoms with Crippen molar-refractivity contribution in [3.05, 3.63) is 73.3 Å². The zero-order chi connectivity index (χ0) is 19.6. The summed E-state index contributed by atoms with van der Waals surface area (Å²) in [7, 11) is 0. The molecular formula is C18H15N3O5S. The number of thiophene rings is 1. The van der Waals surface area contributed by atoms with Crippen LogP contribution in [0, 0.1) is 17.0 Å². The molecule has 1 amide bonds. The molecule has 9 heteroatoms.